The molecule has 4 rings (SSSR count). The number of phenolic OH excluding ortho intramolecular Hbond substituents is 3. The topological polar surface area (TPSA) is 99.4 Å². The van der Waals surface area contributed by atoms with Crippen LogP contribution in [0, 0.1) is 0 Å². The van der Waals surface area contributed by atoms with E-state index < -0.39 is 0 Å². The van der Waals surface area contributed by atoms with Crippen LogP contribution in [0.2, 0.25) is 0 Å². The summed E-state index contributed by atoms with van der Waals surface area (Å²) < 4.78 is 0. The molecule has 6 nitrogen and oxygen atoms in total. The van der Waals surface area contributed by atoms with E-state index in [9.17, 15) is 15.3 Å². The summed E-state index contributed by atoms with van der Waals surface area (Å²) in [4.78, 5) is 17.9. The third-order valence-electron chi connectivity index (χ3n) is 9.30. The average Bonchev–Trinajstić information content (AvgIpc) is 2.96. The fraction of sp³-hybridized carbons (Fsp3) is 0.533. The predicted molar refractivity (Wildman–Crippen MR) is 229 cm³/mol. The molecule has 54 heavy (non-hydrogen) atoms. The number of rotatable bonds is 6. The van der Waals surface area contributed by atoms with Gasteiger partial charge in [0.05, 0.1) is 0 Å². The Morgan fingerprint density at radius 3 is 0.593 bits per heavy atom. The van der Waals surface area contributed by atoms with E-state index in [0.29, 0.717) is 32.7 Å². The van der Waals surface area contributed by atoms with Crippen LogP contribution in [0.1, 0.15) is 158 Å². The summed E-state index contributed by atoms with van der Waals surface area (Å²) in [5, 5.41) is 35.9. The summed E-state index contributed by atoms with van der Waals surface area (Å²) in [6.07, 6.45) is 0. The minimum atomic E-state index is -0.287. The molecule has 0 aliphatic heterocycles. The van der Waals surface area contributed by atoms with Crippen LogP contribution in [0.15, 0.2) is 66.6 Å². The first-order chi connectivity index (χ1) is 24.3. The van der Waals surface area contributed by atoms with Gasteiger partial charge in [0.25, 0.3) is 0 Å². The molecule has 0 saturated carbocycles. The second kappa shape index (κ2) is 14.9. The Hall–Kier alpha value is -2.88. The van der Waals surface area contributed by atoms with Gasteiger partial charge in [-0.15, -0.1) is 0 Å². The smallest absolute Gasteiger partial charge is 0.197 e. The third-order valence-corrected chi connectivity index (χ3v) is 11.8. The third kappa shape index (κ3) is 10.3. The molecular weight excluding hydrogens is 727 g/mol. The van der Waals surface area contributed by atoms with Gasteiger partial charge >= 0.3 is 0 Å². The molecule has 0 amide bonds. The maximum absolute atomic E-state index is 11.4. The highest BCUT2D eigenvalue weighted by atomic mass is 32.2. The molecule has 3 aromatic carbocycles. The highest BCUT2D eigenvalue weighted by molar-refractivity contribution is 8.00. The standard InChI is InChI=1S/C45H63N3O3S3/c1-40(2,3)28-19-25(20-29(34(28)49)41(4,5)6)52-37-46-38(53-26-21-30(42(7,8)9)35(50)31(22-26)43(10,11)12)48-39(47-37)54-27-23-32(44(13,14)15)36(51)33(24-27)45(16,17)18/h19-24,49-51H,1-18H3. The van der Waals surface area contributed by atoms with Gasteiger partial charge in [0.15, 0.2) is 15.5 Å². The van der Waals surface area contributed by atoms with Crippen molar-refractivity contribution in [1.82, 2.24) is 15.0 Å². The number of aromatic hydroxyl groups is 3. The number of benzene rings is 3. The van der Waals surface area contributed by atoms with Crippen LogP contribution < -0.4 is 0 Å². The molecule has 0 radical (unpaired) electrons. The monoisotopic (exact) mass is 789 g/mol. The van der Waals surface area contributed by atoms with Gasteiger partial charge in [-0.05, 0) is 104 Å². The van der Waals surface area contributed by atoms with E-state index in [0.717, 1.165) is 48.1 Å². The maximum atomic E-state index is 11.4. The summed E-state index contributed by atoms with van der Waals surface area (Å²) in [5.74, 6) is 0.988. The summed E-state index contributed by atoms with van der Waals surface area (Å²) in [5.41, 5.74) is 3.51. The van der Waals surface area contributed by atoms with Crippen LogP contribution in [0.4, 0.5) is 0 Å². The van der Waals surface area contributed by atoms with E-state index in [1.54, 1.807) is 0 Å². The average molecular weight is 790 g/mol. The zero-order chi connectivity index (χ0) is 41.1. The fourth-order valence-electron chi connectivity index (χ4n) is 6.20. The Kier molecular flexibility index (Phi) is 12.1. The molecule has 1 aromatic heterocycles. The molecule has 0 aliphatic rings. The summed E-state index contributed by atoms with van der Waals surface area (Å²) >= 11 is 4.38. The van der Waals surface area contributed by atoms with Crippen molar-refractivity contribution in [1.29, 1.82) is 0 Å². The van der Waals surface area contributed by atoms with E-state index in [-0.39, 0.29) is 32.5 Å². The van der Waals surface area contributed by atoms with Gasteiger partial charge in [0, 0.05) is 48.1 Å². The van der Waals surface area contributed by atoms with Crippen molar-refractivity contribution in [3.63, 3.8) is 0 Å². The number of phenols is 3. The SMILES string of the molecule is CC(C)(C)c1cc(Sc2nc(Sc3cc(C(C)(C)C)c(O)c(C(C)(C)C)c3)nc(Sc3cc(C(C)(C)C)c(O)c(C(C)(C)C)c3)n2)cc(C(C)(C)C)c1O. The first-order valence-electron chi connectivity index (χ1n) is 18.7. The zero-order valence-corrected chi connectivity index (χ0v) is 38.3. The largest absolute Gasteiger partial charge is 0.507 e. The Morgan fingerprint density at radius 1 is 0.315 bits per heavy atom. The molecule has 294 valence electrons. The molecule has 0 atom stereocenters. The van der Waals surface area contributed by atoms with E-state index in [1.807, 2.05) is 0 Å². The lowest BCUT2D eigenvalue weighted by molar-refractivity contribution is 0.421. The van der Waals surface area contributed by atoms with Gasteiger partial charge in [0.1, 0.15) is 17.2 Å². The molecule has 3 N–H and O–H groups in total. The normalized spacial score (nSPS) is 13.4. The van der Waals surface area contributed by atoms with E-state index in [2.05, 4.69) is 161 Å². The van der Waals surface area contributed by atoms with Crippen molar-refractivity contribution in [2.24, 2.45) is 0 Å². The van der Waals surface area contributed by atoms with Crippen molar-refractivity contribution in [2.75, 3.05) is 0 Å². The molecule has 4 aromatic rings. The van der Waals surface area contributed by atoms with E-state index in [1.165, 1.54) is 35.3 Å². The second-order valence-corrected chi connectivity index (χ2v) is 23.7. The van der Waals surface area contributed by atoms with Gasteiger partial charge in [0.2, 0.25) is 0 Å². The summed E-state index contributed by atoms with van der Waals surface area (Å²) in [6, 6.07) is 12.3. The number of aromatic nitrogens is 3. The van der Waals surface area contributed by atoms with Crippen molar-refractivity contribution in [3.8, 4) is 17.2 Å². The Labute approximate surface area is 338 Å². The first kappa shape index (κ1) is 43.8. The molecule has 0 bridgehead atoms. The van der Waals surface area contributed by atoms with Gasteiger partial charge in [-0.25, -0.2) is 0 Å². The zero-order valence-electron chi connectivity index (χ0n) is 35.9. The molecule has 0 unspecified atom stereocenters. The molecule has 0 saturated heterocycles. The van der Waals surface area contributed by atoms with Gasteiger partial charge < -0.3 is 15.3 Å². The highest BCUT2D eigenvalue weighted by Crippen LogP contribution is 2.47. The van der Waals surface area contributed by atoms with E-state index >= 15 is 0 Å². The van der Waals surface area contributed by atoms with Gasteiger partial charge in [-0.1, -0.05) is 125 Å². The molecule has 1 heterocycles. The minimum absolute atomic E-state index is 0.287. The highest BCUT2D eigenvalue weighted by Gasteiger charge is 2.30. The summed E-state index contributed by atoms with van der Waals surface area (Å²) in [7, 11) is 0. The van der Waals surface area contributed by atoms with Crippen LogP contribution in [-0.2, 0) is 32.5 Å². The van der Waals surface area contributed by atoms with Crippen LogP contribution in [0.3, 0.4) is 0 Å². The lowest BCUT2D eigenvalue weighted by atomic mass is 9.79. The predicted octanol–water partition coefficient (Wildman–Crippen LogP) is 13.2. The van der Waals surface area contributed by atoms with Gasteiger partial charge in [-0.3, -0.25) is 0 Å². The Morgan fingerprint density at radius 2 is 0.463 bits per heavy atom. The molecule has 9 heteroatoms. The minimum Gasteiger partial charge on any atom is -0.507 e. The van der Waals surface area contributed by atoms with Gasteiger partial charge in [-0.2, -0.15) is 15.0 Å². The van der Waals surface area contributed by atoms with Crippen LogP contribution in [0.25, 0.3) is 0 Å². The Bertz CT molecular complexity index is 1680. The number of hydrogen-bond donors (Lipinski definition) is 3. The lowest BCUT2D eigenvalue weighted by Crippen LogP contribution is -2.17. The molecule has 0 spiro atoms. The fourth-order valence-corrected chi connectivity index (χ4v) is 8.86. The van der Waals surface area contributed by atoms with Crippen molar-refractivity contribution in [2.45, 2.75) is 187 Å². The quantitative estimate of drug-likeness (QED) is 0.176. The van der Waals surface area contributed by atoms with Crippen molar-refractivity contribution < 1.29 is 15.3 Å². The molecular formula is C45H63N3O3S3. The Balaban J connectivity index is 1.96. The molecule has 0 fully saturated rings. The van der Waals surface area contributed by atoms with Crippen LogP contribution in [0.5, 0.6) is 17.2 Å². The number of nitrogens with zero attached hydrogens (tertiary/aromatic N) is 3. The van der Waals surface area contributed by atoms with Crippen LogP contribution >= 0.6 is 35.3 Å². The van der Waals surface area contributed by atoms with Crippen molar-refractivity contribution in [3.05, 3.63) is 69.8 Å². The number of hydrogen-bond acceptors (Lipinski definition) is 9. The second-order valence-electron chi connectivity index (χ2n) is 20.6. The van der Waals surface area contributed by atoms with Crippen molar-refractivity contribution >= 4 is 35.3 Å². The molecule has 0 aliphatic carbocycles. The maximum Gasteiger partial charge on any atom is 0.197 e. The lowest BCUT2D eigenvalue weighted by Gasteiger charge is -2.28. The van der Waals surface area contributed by atoms with Crippen LogP contribution in [-0.4, -0.2) is 30.3 Å². The van der Waals surface area contributed by atoms with E-state index in [4.69, 9.17) is 15.0 Å². The summed E-state index contributed by atoms with van der Waals surface area (Å²) in [6.45, 7) is 38.0. The first-order valence-corrected chi connectivity index (χ1v) is 21.2.